The monoisotopic (exact) mass is 521 g/mol. The fourth-order valence-electron chi connectivity index (χ4n) is 3.09. The molecule has 11 heteroatoms. The maximum Gasteiger partial charge on any atom is 0.253 e. The highest BCUT2D eigenvalue weighted by Gasteiger charge is 2.21. The predicted octanol–water partition coefficient (Wildman–Crippen LogP) is 5.44. The molecule has 0 bridgehead atoms. The predicted molar refractivity (Wildman–Crippen MR) is 133 cm³/mol. The second kappa shape index (κ2) is 11.5. The summed E-state index contributed by atoms with van der Waals surface area (Å²) in [7, 11) is 0. The molecule has 0 saturated carbocycles. The third kappa shape index (κ3) is 6.37. The highest BCUT2D eigenvalue weighted by molar-refractivity contribution is 7.99. The third-order valence-corrected chi connectivity index (χ3v) is 6.29. The quantitative estimate of drug-likeness (QED) is 0.289. The number of hydrogen-bond donors (Lipinski definition) is 2. The van der Waals surface area contributed by atoms with Crippen LogP contribution in [0.3, 0.4) is 0 Å². The molecule has 2 aromatic carbocycles. The summed E-state index contributed by atoms with van der Waals surface area (Å²) in [5, 5.41) is 15.1. The SMILES string of the molecule is C=CCn1c(SCC(=O)Nc2cc(F)ccc2C)nnc1C(C)NC(=O)c1ccc(Cl)cc1Cl. The Balaban J connectivity index is 1.69. The number of thioether (sulfide) groups is 1. The van der Waals surface area contributed by atoms with E-state index in [0.717, 1.165) is 5.56 Å². The summed E-state index contributed by atoms with van der Waals surface area (Å²) in [5.74, 6) is -0.609. The molecular formula is C23H22Cl2FN5O2S. The Kier molecular flexibility index (Phi) is 8.71. The molecule has 0 spiro atoms. The lowest BCUT2D eigenvalue weighted by Gasteiger charge is -2.16. The first-order valence-electron chi connectivity index (χ1n) is 10.2. The van der Waals surface area contributed by atoms with Crippen LogP contribution in [0.4, 0.5) is 10.1 Å². The van der Waals surface area contributed by atoms with Gasteiger partial charge in [-0.3, -0.25) is 9.59 Å². The number of rotatable bonds is 9. The van der Waals surface area contributed by atoms with Gasteiger partial charge >= 0.3 is 0 Å². The number of carbonyl (C=O) groups is 2. The molecule has 0 radical (unpaired) electrons. The number of aryl methyl sites for hydroxylation is 1. The van der Waals surface area contributed by atoms with Crippen molar-refractivity contribution in [3.63, 3.8) is 0 Å². The van der Waals surface area contributed by atoms with Crippen molar-refractivity contribution in [2.75, 3.05) is 11.1 Å². The first-order chi connectivity index (χ1) is 16.2. The van der Waals surface area contributed by atoms with Crippen molar-refractivity contribution in [3.8, 4) is 0 Å². The molecule has 0 aliphatic rings. The van der Waals surface area contributed by atoms with Crippen molar-refractivity contribution in [3.05, 3.63) is 81.9 Å². The lowest BCUT2D eigenvalue weighted by Crippen LogP contribution is -2.29. The van der Waals surface area contributed by atoms with E-state index in [9.17, 15) is 14.0 Å². The first kappa shape index (κ1) is 25.7. The van der Waals surface area contributed by atoms with Crippen LogP contribution in [0, 0.1) is 12.7 Å². The number of carbonyl (C=O) groups excluding carboxylic acids is 2. The highest BCUT2D eigenvalue weighted by Crippen LogP contribution is 2.24. The van der Waals surface area contributed by atoms with Crippen LogP contribution >= 0.6 is 35.0 Å². The lowest BCUT2D eigenvalue weighted by molar-refractivity contribution is -0.113. The molecule has 0 aliphatic carbocycles. The van der Waals surface area contributed by atoms with Gasteiger partial charge in [-0.25, -0.2) is 4.39 Å². The number of nitrogens with zero attached hydrogens (tertiary/aromatic N) is 3. The second-order valence-corrected chi connectivity index (χ2v) is 9.14. The van der Waals surface area contributed by atoms with Crippen molar-refractivity contribution in [1.82, 2.24) is 20.1 Å². The second-order valence-electron chi connectivity index (χ2n) is 7.36. The van der Waals surface area contributed by atoms with Crippen molar-refractivity contribution < 1.29 is 14.0 Å². The van der Waals surface area contributed by atoms with E-state index in [4.69, 9.17) is 23.2 Å². The number of nitrogens with one attached hydrogen (secondary N) is 2. The topological polar surface area (TPSA) is 88.9 Å². The minimum Gasteiger partial charge on any atom is -0.342 e. The standard InChI is InChI=1S/C23H22Cl2FN5O2S/c1-4-9-31-21(14(3)27-22(33)17-8-6-15(24)10-18(17)25)29-30-23(31)34-12-20(32)28-19-11-16(26)7-5-13(19)2/h4-8,10-11,14H,1,9,12H2,2-3H3,(H,27,33)(H,28,32). The Bertz CT molecular complexity index is 1230. The van der Waals surface area contributed by atoms with Crippen LogP contribution in [0.2, 0.25) is 10.0 Å². The van der Waals surface area contributed by atoms with Crippen LogP contribution in [0.15, 0.2) is 54.2 Å². The largest absolute Gasteiger partial charge is 0.342 e. The molecule has 1 heterocycles. The van der Waals surface area contributed by atoms with Gasteiger partial charge in [-0.05, 0) is 49.7 Å². The van der Waals surface area contributed by atoms with E-state index >= 15 is 0 Å². The molecule has 178 valence electrons. The number of aromatic nitrogens is 3. The van der Waals surface area contributed by atoms with Crippen LogP contribution < -0.4 is 10.6 Å². The smallest absolute Gasteiger partial charge is 0.253 e. The molecule has 34 heavy (non-hydrogen) atoms. The van der Waals surface area contributed by atoms with Gasteiger partial charge in [0.25, 0.3) is 5.91 Å². The van der Waals surface area contributed by atoms with Gasteiger partial charge in [-0.1, -0.05) is 47.1 Å². The lowest BCUT2D eigenvalue weighted by atomic mass is 10.2. The zero-order chi connectivity index (χ0) is 24.8. The van der Waals surface area contributed by atoms with E-state index in [1.807, 2.05) is 0 Å². The van der Waals surface area contributed by atoms with E-state index in [0.29, 0.717) is 28.2 Å². The average molecular weight is 522 g/mol. The Hall–Kier alpha value is -2.88. The van der Waals surface area contributed by atoms with Crippen LogP contribution in [0.1, 0.15) is 34.7 Å². The number of hydrogen-bond acceptors (Lipinski definition) is 5. The summed E-state index contributed by atoms with van der Waals surface area (Å²) in [6.07, 6.45) is 1.66. The number of halogens is 3. The van der Waals surface area contributed by atoms with Crippen LogP contribution in [0.5, 0.6) is 0 Å². The Morgan fingerprint density at radius 3 is 2.71 bits per heavy atom. The van der Waals surface area contributed by atoms with Gasteiger partial charge in [0.15, 0.2) is 11.0 Å². The van der Waals surface area contributed by atoms with Crippen molar-refractivity contribution in [2.24, 2.45) is 0 Å². The first-order valence-corrected chi connectivity index (χ1v) is 11.9. The van der Waals surface area contributed by atoms with Crippen molar-refractivity contribution in [2.45, 2.75) is 31.6 Å². The van der Waals surface area contributed by atoms with Crippen molar-refractivity contribution in [1.29, 1.82) is 0 Å². The molecular weight excluding hydrogens is 500 g/mol. The molecule has 0 aliphatic heterocycles. The summed E-state index contributed by atoms with van der Waals surface area (Å²) in [4.78, 5) is 25.1. The van der Waals surface area contributed by atoms with Crippen LogP contribution in [-0.4, -0.2) is 32.3 Å². The summed E-state index contributed by atoms with van der Waals surface area (Å²) in [5.41, 5.74) is 1.45. The van der Waals surface area contributed by atoms with Gasteiger partial charge in [0.05, 0.1) is 22.4 Å². The number of anilines is 1. The number of allylic oxidation sites excluding steroid dienone is 1. The van der Waals surface area contributed by atoms with E-state index in [1.54, 1.807) is 42.7 Å². The summed E-state index contributed by atoms with van der Waals surface area (Å²) >= 11 is 13.2. The molecule has 3 rings (SSSR count). The van der Waals surface area contributed by atoms with Crippen LogP contribution in [0.25, 0.3) is 0 Å². The summed E-state index contributed by atoms with van der Waals surface area (Å²) in [6.45, 7) is 7.67. The molecule has 0 fully saturated rings. The fraction of sp³-hybridized carbons (Fsp3) is 0.217. The molecule has 1 atom stereocenters. The highest BCUT2D eigenvalue weighted by atomic mass is 35.5. The van der Waals surface area contributed by atoms with Gasteiger partial charge in [0, 0.05) is 17.3 Å². The van der Waals surface area contributed by atoms with Crippen molar-refractivity contribution >= 4 is 52.5 Å². The molecule has 2 N–H and O–H groups in total. The normalized spacial score (nSPS) is 11.7. The van der Waals surface area contributed by atoms with Gasteiger partial charge in [-0.2, -0.15) is 0 Å². The third-order valence-electron chi connectivity index (χ3n) is 4.77. The molecule has 7 nitrogen and oxygen atoms in total. The summed E-state index contributed by atoms with van der Waals surface area (Å²) < 4.78 is 15.2. The van der Waals surface area contributed by atoms with Gasteiger partial charge in [-0.15, -0.1) is 16.8 Å². The molecule has 0 saturated heterocycles. The minimum absolute atomic E-state index is 0.0341. The van der Waals surface area contributed by atoms with Gasteiger partial charge in [0.2, 0.25) is 5.91 Å². The average Bonchev–Trinajstić information content (AvgIpc) is 3.17. The fourth-order valence-corrected chi connectivity index (χ4v) is 4.33. The minimum atomic E-state index is -0.509. The zero-order valence-corrected chi connectivity index (χ0v) is 20.8. The summed E-state index contributed by atoms with van der Waals surface area (Å²) in [6, 6.07) is 8.31. The van der Waals surface area contributed by atoms with Crippen LogP contribution in [-0.2, 0) is 11.3 Å². The maximum absolute atomic E-state index is 13.5. The molecule has 1 unspecified atom stereocenters. The van der Waals surface area contributed by atoms with Gasteiger partial charge < -0.3 is 15.2 Å². The van der Waals surface area contributed by atoms with E-state index in [2.05, 4.69) is 27.4 Å². The van der Waals surface area contributed by atoms with E-state index < -0.39 is 11.9 Å². The van der Waals surface area contributed by atoms with E-state index in [1.165, 1.54) is 30.0 Å². The molecule has 1 aromatic heterocycles. The number of benzene rings is 2. The molecule has 3 aromatic rings. The van der Waals surface area contributed by atoms with E-state index in [-0.39, 0.29) is 28.2 Å². The maximum atomic E-state index is 13.5. The molecule has 2 amide bonds. The Labute approximate surface area is 210 Å². The zero-order valence-electron chi connectivity index (χ0n) is 18.4. The van der Waals surface area contributed by atoms with Gasteiger partial charge in [0.1, 0.15) is 5.82 Å². The number of amides is 2. The Morgan fingerprint density at radius 2 is 2.00 bits per heavy atom. The Morgan fingerprint density at radius 1 is 1.24 bits per heavy atom.